The third-order valence-electron chi connectivity index (χ3n) is 2.79. The smallest absolute Gasteiger partial charge is 0.324 e. The minimum atomic E-state index is -3.83. The molecule has 0 bridgehead atoms. The molecule has 1 N–H and O–H groups in total. The summed E-state index contributed by atoms with van der Waals surface area (Å²) in [6.07, 6.45) is 0. The standard InChI is InChI=1S/C14H13Cl2NO4S2/c1-9(14(18)21-8-11-4-7-13(16)22-11)17-23(19,20)12-5-2-10(15)3-6-12/h2-7,9,17H,8H2,1H3/t9-/m0/s1. The van der Waals surface area contributed by atoms with Crippen LogP contribution in [0.2, 0.25) is 9.36 Å². The van der Waals surface area contributed by atoms with E-state index in [-0.39, 0.29) is 11.5 Å². The summed E-state index contributed by atoms with van der Waals surface area (Å²) in [6, 6.07) is 8.04. The fourth-order valence-electron chi connectivity index (χ4n) is 1.66. The van der Waals surface area contributed by atoms with Crippen LogP contribution in [0.3, 0.4) is 0 Å². The van der Waals surface area contributed by atoms with Crippen molar-refractivity contribution in [3.8, 4) is 0 Å². The Labute approximate surface area is 148 Å². The predicted molar refractivity (Wildman–Crippen MR) is 90.4 cm³/mol. The molecule has 5 nitrogen and oxygen atoms in total. The Morgan fingerprint density at radius 2 is 1.87 bits per heavy atom. The number of nitrogens with one attached hydrogen (secondary N) is 1. The van der Waals surface area contributed by atoms with Gasteiger partial charge in [-0.05, 0) is 43.3 Å². The molecule has 0 saturated carbocycles. The Morgan fingerprint density at radius 1 is 1.22 bits per heavy atom. The van der Waals surface area contributed by atoms with E-state index in [0.717, 1.165) is 4.88 Å². The minimum Gasteiger partial charge on any atom is -0.459 e. The number of thiophene rings is 1. The number of carbonyl (C=O) groups is 1. The number of esters is 1. The number of benzene rings is 1. The number of ether oxygens (including phenoxy) is 1. The maximum atomic E-state index is 12.2. The molecular formula is C14H13Cl2NO4S2. The van der Waals surface area contributed by atoms with Crippen LogP contribution in [0.25, 0.3) is 0 Å². The summed E-state index contributed by atoms with van der Waals surface area (Å²) in [7, 11) is -3.83. The minimum absolute atomic E-state index is 0.0200. The van der Waals surface area contributed by atoms with Crippen molar-refractivity contribution in [2.45, 2.75) is 24.5 Å². The van der Waals surface area contributed by atoms with E-state index in [9.17, 15) is 13.2 Å². The van der Waals surface area contributed by atoms with E-state index in [0.29, 0.717) is 9.36 Å². The summed E-state index contributed by atoms with van der Waals surface area (Å²) in [4.78, 5) is 12.7. The number of hydrogen-bond acceptors (Lipinski definition) is 5. The zero-order valence-electron chi connectivity index (χ0n) is 12.0. The molecule has 1 aromatic carbocycles. The molecule has 1 aromatic heterocycles. The van der Waals surface area contributed by atoms with E-state index in [2.05, 4.69) is 4.72 Å². The Kier molecular flexibility index (Phi) is 6.05. The van der Waals surface area contributed by atoms with Crippen LogP contribution in [0.1, 0.15) is 11.8 Å². The molecule has 23 heavy (non-hydrogen) atoms. The largest absolute Gasteiger partial charge is 0.459 e. The van der Waals surface area contributed by atoms with Gasteiger partial charge in [0.2, 0.25) is 10.0 Å². The van der Waals surface area contributed by atoms with E-state index >= 15 is 0 Å². The van der Waals surface area contributed by atoms with Crippen molar-refractivity contribution < 1.29 is 17.9 Å². The van der Waals surface area contributed by atoms with Crippen molar-refractivity contribution in [3.63, 3.8) is 0 Å². The number of carbonyl (C=O) groups excluding carboxylic acids is 1. The summed E-state index contributed by atoms with van der Waals surface area (Å²) >= 11 is 12.8. The highest BCUT2D eigenvalue weighted by molar-refractivity contribution is 7.89. The van der Waals surface area contributed by atoms with Crippen molar-refractivity contribution in [1.29, 1.82) is 0 Å². The maximum Gasteiger partial charge on any atom is 0.324 e. The second kappa shape index (κ2) is 7.63. The van der Waals surface area contributed by atoms with E-state index in [4.69, 9.17) is 27.9 Å². The molecule has 2 rings (SSSR count). The lowest BCUT2D eigenvalue weighted by molar-refractivity contribution is -0.146. The molecule has 2 aromatic rings. The number of rotatable bonds is 6. The summed E-state index contributed by atoms with van der Waals surface area (Å²) in [6.45, 7) is 1.46. The maximum absolute atomic E-state index is 12.2. The van der Waals surface area contributed by atoms with Gasteiger partial charge in [-0.1, -0.05) is 23.2 Å². The first kappa shape index (κ1) is 18.2. The van der Waals surface area contributed by atoms with Gasteiger partial charge >= 0.3 is 5.97 Å². The van der Waals surface area contributed by atoms with Gasteiger partial charge in [-0.25, -0.2) is 8.42 Å². The third kappa shape index (κ3) is 5.19. The Bertz CT molecular complexity index is 787. The summed E-state index contributed by atoms with van der Waals surface area (Å²) in [5.74, 6) is -0.674. The van der Waals surface area contributed by atoms with Crippen LogP contribution in [-0.4, -0.2) is 20.4 Å². The van der Waals surface area contributed by atoms with Crippen LogP contribution in [0, 0.1) is 0 Å². The van der Waals surface area contributed by atoms with Gasteiger partial charge < -0.3 is 4.74 Å². The van der Waals surface area contributed by atoms with Gasteiger partial charge in [0.15, 0.2) is 0 Å². The molecule has 0 aliphatic heterocycles. The quantitative estimate of drug-likeness (QED) is 0.762. The van der Waals surface area contributed by atoms with Gasteiger partial charge in [0.05, 0.1) is 9.23 Å². The first-order valence-electron chi connectivity index (χ1n) is 6.47. The Morgan fingerprint density at radius 3 is 2.43 bits per heavy atom. The molecule has 0 spiro atoms. The molecule has 0 unspecified atom stereocenters. The third-order valence-corrected chi connectivity index (χ3v) is 5.81. The van der Waals surface area contributed by atoms with Crippen LogP contribution in [0.15, 0.2) is 41.3 Å². The molecule has 0 fully saturated rings. The first-order valence-corrected chi connectivity index (χ1v) is 9.52. The van der Waals surface area contributed by atoms with Crippen molar-refractivity contribution >= 4 is 50.5 Å². The van der Waals surface area contributed by atoms with Crippen LogP contribution >= 0.6 is 34.5 Å². The molecule has 0 aliphatic carbocycles. The SMILES string of the molecule is C[C@H](NS(=O)(=O)c1ccc(Cl)cc1)C(=O)OCc1ccc(Cl)s1. The monoisotopic (exact) mass is 393 g/mol. The Hall–Kier alpha value is -1.12. The fraction of sp³-hybridized carbons (Fsp3) is 0.214. The summed E-state index contributed by atoms with van der Waals surface area (Å²) < 4.78 is 32.2. The summed E-state index contributed by atoms with van der Waals surface area (Å²) in [5.41, 5.74) is 0. The van der Waals surface area contributed by atoms with Crippen LogP contribution in [0.5, 0.6) is 0 Å². The van der Waals surface area contributed by atoms with Gasteiger partial charge in [0.1, 0.15) is 12.6 Å². The lowest BCUT2D eigenvalue weighted by atomic mass is 10.4. The van der Waals surface area contributed by atoms with Crippen molar-refractivity contribution in [2.24, 2.45) is 0 Å². The average molecular weight is 394 g/mol. The van der Waals surface area contributed by atoms with E-state index in [1.54, 1.807) is 12.1 Å². The normalized spacial score (nSPS) is 12.8. The second-order valence-corrected chi connectivity index (χ2v) is 8.56. The van der Waals surface area contributed by atoms with Gasteiger partial charge in [-0.2, -0.15) is 4.72 Å². The van der Waals surface area contributed by atoms with Crippen molar-refractivity contribution in [2.75, 3.05) is 0 Å². The van der Waals surface area contributed by atoms with Gasteiger partial charge in [0, 0.05) is 9.90 Å². The first-order chi connectivity index (χ1) is 10.8. The van der Waals surface area contributed by atoms with Crippen LogP contribution < -0.4 is 4.72 Å². The number of hydrogen-bond donors (Lipinski definition) is 1. The number of halogens is 2. The fourth-order valence-corrected chi connectivity index (χ4v) is 3.98. The van der Waals surface area contributed by atoms with Crippen molar-refractivity contribution in [3.05, 3.63) is 50.6 Å². The van der Waals surface area contributed by atoms with E-state index in [1.807, 2.05) is 0 Å². The molecule has 0 aliphatic rings. The second-order valence-electron chi connectivity index (χ2n) is 4.61. The topological polar surface area (TPSA) is 72.5 Å². The lowest BCUT2D eigenvalue weighted by Crippen LogP contribution is -2.39. The zero-order chi connectivity index (χ0) is 17.0. The average Bonchev–Trinajstić information content (AvgIpc) is 2.90. The molecule has 124 valence electrons. The summed E-state index contributed by atoms with van der Waals surface area (Å²) in [5, 5.41) is 0.422. The molecular weight excluding hydrogens is 381 g/mol. The van der Waals surface area contributed by atoms with E-state index in [1.165, 1.54) is 42.5 Å². The molecule has 9 heteroatoms. The molecule has 1 atom stereocenters. The highest BCUT2D eigenvalue weighted by Crippen LogP contribution is 2.22. The van der Waals surface area contributed by atoms with Gasteiger partial charge in [0.25, 0.3) is 0 Å². The Balaban J connectivity index is 1.95. The molecule has 0 amide bonds. The highest BCUT2D eigenvalue weighted by atomic mass is 35.5. The van der Waals surface area contributed by atoms with Gasteiger partial charge in [-0.15, -0.1) is 11.3 Å². The predicted octanol–water partition coefficient (Wildman–Crippen LogP) is 3.47. The van der Waals surface area contributed by atoms with Crippen molar-refractivity contribution in [1.82, 2.24) is 4.72 Å². The molecule has 0 radical (unpaired) electrons. The molecule has 0 saturated heterocycles. The highest BCUT2D eigenvalue weighted by Gasteiger charge is 2.23. The zero-order valence-corrected chi connectivity index (χ0v) is 15.1. The number of sulfonamides is 1. The molecule has 1 heterocycles. The van der Waals surface area contributed by atoms with E-state index < -0.39 is 22.0 Å². The lowest BCUT2D eigenvalue weighted by Gasteiger charge is -2.13. The van der Waals surface area contributed by atoms with Gasteiger partial charge in [-0.3, -0.25) is 4.79 Å². The van der Waals surface area contributed by atoms with Crippen LogP contribution in [0.4, 0.5) is 0 Å². The van der Waals surface area contributed by atoms with Crippen LogP contribution in [-0.2, 0) is 26.2 Å².